The first-order valence-corrected chi connectivity index (χ1v) is 7.55. The molecule has 0 aromatic heterocycles. The molecule has 0 radical (unpaired) electrons. The number of benzene rings is 2. The Labute approximate surface area is 132 Å². The van der Waals surface area contributed by atoms with Crippen molar-refractivity contribution in [3.63, 3.8) is 0 Å². The van der Waals surface area contributed by atoms with E-state index in [4.69, 9.17) is 0 Å². The van der Waals surface area contributed by atoms with E-state index in [1.54, 1.807) is 12.1 Å². The SMILES string of the molecule is CCC(C)(C)c1ccc(C(=O)Nc2ccc(C)cc2O)cc1. The first-order valence-electron chi connectivity index (χ1n) is 7.55. The molecule has 116 valence electrons. The Morgan fingerprint density at radius 2 is 1.77 bits per heavy atom. The molecule has 0 heterocycles. The van der Waals surface area contributed by atoms with Crippen LogP contribution in [0.5, 0.6) is 5.75 Å². The molecule has 2 aromatic rings. The van der Waals surface area contributed by atoms with Crippen LogP contribution in [0.3, 0.4) is 0 Å². The Morgan fingerprint density at radius 1 is 1.14 bits per heavy atom. The van der Waals surface area contributed by atoms with Crippen LogP contribution in [0.25, 0.3) is 0 Å². The van der Waals surface area contributed by atoms with Gasteiger partial charge in [0, 0.05) is 5.56 Å². The quantitative estimate of drug-likeness (QED) is 0.808. The molecule has 0 aliphatic heterocycles. The third-order valence-corrected chi connectivity index (χ3v) is 4.21. The second-order valence-electron chi connectivity index (χ2n) is 6.29. The van der Waals surface area contributed by atoms with Gasteiger partial charge in [0.05, 0.1) is 5.69 Å². The second-order valence-corrected chi connectivity index (χ2v) is 6.29. The molecule has 0 saturated carbocycles. The van der Waals surface area contributed by atoms with Crippen LogP contribution in [0.15, 0.2) is 42.5 Å². The van der Waals surface area contributed by atoms with Crippen molar-refractivity contribution in [1.82, 2.24) is 0 Å². The van der Waals surface area contributed by atoms with Crippen molar-refractivity contribution >= 4 is 11.6 Å². The van der Waals surface area contributed by atoms with E-state index in [0.29, 0.717) is 11.3 Å². The summed E-state index contributed by atoms with van der Waals surface area (Å²) in [5, 5.41) is 12.6. The summed E-state index contributed by atoms with van der Waals surface area (Å²) in [6.07, 6.45) is 1.04. The van der Waals surface area contributed by atoms with Gasteiger partial charge in [0.1, 0.15) is 5.75 Å². The third-order valence-electron chi connectivity index (χ3n) is 4.21. The zero-order chi connectivity index (χ0) is 16.3. The summed E-state index contributed by atoms with van der Waals surface area (Å²) in [5.41, 5.74) is 3.26. The predicted octanol–water partition coefficient (Wildman–Crippen LogP) is 4.64. The molecule has 2 rings (SSSR count). The predicted molar refractivity (Wildman–Crippen MR) is 90.6 cm³/mol. The Bertz CT molecular complexity index is 672. The lowest BCUT2D eigenvalue weighted by Crippen LogP contribution is -2.16. The number of amides is 1. The van der Waals surface area contributed by atoms with Crippen LogP contribution >= 0.6 is 0 Å². The number of hydrogen-bond acceptors (Lipinski definition) is 2. The molecule has 3 nitrogen and oxygen atoms in total. The van der Waals surface area contributed by atoms with Gasteiger partial charge in [-0.3, -0.25) is 4.79 Å². The minimum absolute atomic E-state index is 0.0806. The Kier molecular flexibility index (Phi) is 4.55. The molecule has 0 aliphatic rings. The lowest BCUT2D eigenvalue weighted by Gasteiger charge is -2.23. The topological polar surface area (TPSA) is 49.3 Å². The fourth-order valence-electron chi connectivity index (χ4n) is 2.22. The zero-order valence-electron chi connectivity index (χ0n) is 13.6. The molecule has 0 spiro atoms. The molecule has 0 saturated heterocycles. The number of aromatic hydroxyl groups is 1. The van der Waals surface area contributed by atoms with E-state index in [-0.39, 0.29) is 17.1 Å². The summed E-state index contributed by atoms with van der Waals surface area (Å²) < 4.78 is 0. The molecule has 2 aromatic carbocycles. The highest BCUT2D eigenvalue weighted by Crippen LogP contribution is 2.27. The number of aryl methyl sites for hydroxylation is 1. The minimum atomic E-state index is -0.222. The van der Waals surface area contributed by atoms with Gasteiger partial charge in [-0.15, -0.1) is 0 Å². The Hall–Kier alpha value is -2.29. The van der Waals surface area contributed by atoms with E-state index >= 15 is 0 Å². The van der Waals surface area contributed by atoms with Gasteiger partial charge in [0.2, 0.25) is 0 Å². The molecule has 0 unspecified atom stereocenters. The number of carbonyl (C=O) groups is 1. The third kappa shape index (κ3) is 3.48. The van der Waals surface area contributed by atoms with Gasteiger partial charge >= 0.3 is 0 Å². The van der Waals surface area contributed by atoms with E-state index in [9.17, 15) is 9.90 Å². The van der Waals surface area contributed by atoms with Gasteiger partial charge in [-0.2, -0.15) is 0 Å². The second kappa shape index (κ2) is 6.22. The average molecular weight is 297 g/mol. The lowest BCUT2D eigenvalue weighted by atomic mass is 9.82. The highest BCUT2D eigenvalue weighted by Gasteiger charge is 2.18. The average Bonchev–Trinajstić information content (AvgIpc) is 2.50. The van der Waals surface area contributed by atoms with Gasteiger partial charge in [-0.1, -0.05) is 39.0 Å². The summed E-state index contributed by atoms with van der Waals surface area (Å²) in [7, 11) is 0. The van der Waals surface area contributed by atoms with Crippen molar-refractivity contribution in [1.29, 1.82) is 0 Å². The van der Waals surface area contributed by atoms with Crippen LogP contribution in [-0.4, -0.2) is 11.0 Å². The fourth-order valence-corrected chi connectivity index (χ4v) is 2.22. The minimum Gasteiger partial charge on any atom is -0.506 e. The maximum absolute atomic E-state index is 12.3. The van der Waals surface area contributed by atoms with E-state index in [2.05, 4.69) is 26.1 Å². The highest BCUT2D eigenvalue weighted by atomic mass is 16.3. The molecular weight excluding hydrogens is 274 g/mol. The molecule has 2 N–H and O–H groups in total. The fraction of sp³-hybridized carbons (Fsp3) is 0.316. The van der Waals surface area contributed by atoms with Gasteiger partial charge in [-0.05, 0) is 54.2 Å². The Balaban J connectivity index is 2.16. The van der Waals surface area contributed by atoms with Gasteiger partial charge in [-0.25, -0.2) is 0 Å². The number of rotatable bonds is 4. The number of nitrogens with one attached hydrogen (secondary N) is 1. The summed E-state index contributed by atoms with van der Waals surface area (Å²) >= 11 is 0. The number of hydrogen-bond donors (Lipinski definition) is 2. The van der Waals surface area contributed by atoms with Crippen LogP contribution < -0.4 is 5.32 Å². The van der Waals surface area contributed by atoms with Crippen LogP contribution in [0.4, 0.5) is 5.69 Å². The van der Waals surface area contributed by atoms with Crippen molar-refractivity contribution in [2.45, 2.75) is 39.5 Å². The summed E-state index contributed by atoms with van der Waals surface area (Å²) in [4.78, 5) is 12.3. The number of carbonyl (C=O) groups excluding carboxylic acids is 1. The highest BCUT2D eigenvalue weighted by molar-refractivity contribution is 6.05. The zero-order valence-corrected chi connectivity index (χ0v) is 13.6. The monoisotopic (exact) mass is 297 g/mol. The molecule has 22 heavy (non-hydrogen) atoms. The van der Waals surface area contributed by atoms with E-state index in [0.717, 1.165) is 12.0 Å². The van der Waals surface area contributed by atoms with Crippen LogP contribution in [0.2, 0.25) is 0 Å². The standard InChI is InChI=1S/C19H23NO2/c1-5-19(3,4)15-9-7-14(8-10-15)18(22)20-16-11-6-13(2)12-17(16)21/h6-12,21H,5H2,1-4H3,(H,20,22). The van der Waals surface area contributed by atoms with Gasteiger partial charge in [0.15, 0.2) is 0 Å². The van der Waals surface area contributed by atoms with Crippen LogP contribution in [0, 0.1) is 6.92 Å². The maximum atomic E-state index is 12.3. The number of phenols is 1. The van der Waals surface area contributed by atoms with E-state index in [1.165, 1.54) is 5.56 Å². The van der Waals surface area contributed by atoms with Crippen molar-refractivity contribution in [2.75, 3.05) is 5.32 Å². The molecule has 3 heteroatoms. The van der Waals surface area contributed by atoms with E-state index in [1.807, 2.05) is 37.3 Å². The molecule has 0 fully saturated rings. The summed E-state index contributed by atoms with van der Waals surface area (Å²) in [5.74, 6) is -0.142. The van der Waals surface area contributed by atoms with Gasteiger partial charge in [0.25, 0.3) is 5.91 Å². The van der Waals surface area contributed by atoms with Crippen molar-refractivity contribution in [3.8, 4) is 5.75 Å². The van der Waals surface area contributed by atoms with Crippen molar-refractivity contribution in [2.24, 2.45) is 0 Å². The van der Waals surface area contributed by atoms with Crippen molar-refractivity contribution in [3.05, 3.63) is 59.2 Å². The molecule has 0 aliphatic carbocycles. The molecule has 0 atom stereocenters. The van der Waals surface area contributed by atoms with Gasteiger partial charge < -0.3 is 10.4 Å². The molecule has 0 bridgehead atoms. The summed E-state index contributed by atoms with van der Waals surface area (Å²) in [6, 6.07) is 12.8. The smallest absolute Gasteiger partial charge is 0.255 e. The number of anilines is 1. The first kappa shape index (κ1) is 16.1. The normalized spacial score (nSPS) is 11.3. The Morgan fingerprint density at radius 3 is 2.32 bits per heavy atom. The summed E-state index contributed by atoms with van der Waals surface area (Å²) in [6.45, 7) is 8.42. The largest absolute Gasteiger partial charge is 0.506 e. The first-order chi connectivity index (χ1) is 10.3. The van der Waals surface area contributed by atoms with Crippen LogP contribution in [0.1, 0.15) is 48.7 Å². The molecule has 1 amide bonds. The maximum Gasteiger partial charge on any atom is 0.255 e. The van der Waals surface area contributed by atoms with Crippen molar-refractivity contribution < 1.29 is 9.90 Å². The van der Waals surface area contributed by atoms with E-state index < -0.39 is 0 Å². The number of phenolic OH excluding ortho intramolecular Hbond substituents is 1. The lowest BCUT2D eigenvalue weighted by molar-refractivity contribution is 0.102. The van der Waals surface area contributed by atoms with Crippen LogP contribution in [-0.2, 0) is 5.41 Å². The molecular formula is C19H23NO2.